The Morgan fingerprint density at radius 1 is 1.04 bits per heavy atom. The smallest absolute Gasteiger partial charge is 0.225 e. The van der Waals surface area contributed by atoms with Crippen LogP contribution in [0.1, 0.15) is 31.7 Å². The summed E-state index contributed by atoms with van der Waals surface area (Å²) in [5, 5.41) is 2.75. The van der Waals surface area contributed by atoms with Gasteiger partial charge in [0.2, 0.25) is 5.91 Å². The minimum absolute atomic E-state index is 0.0924. The quantitative estimate of drug-likeness (QED) is 0.743. The Kier molecular flexibility index (Phi) is 6.85. The lowest BCUT2D eigenvalue weighted by atomic mass is 10.0. The minimum atomic E-state index is -3.62. The average molecular weight is 391 g/mol. The van der Waals surface area contributed by atoms with E-state index in [-0.39, 0.29) is 23.0 Å². The molecule has 6 nitrogen and oxygen atoms in total. The summed E-state index contributed by atoms with van der Waals surface area (Å²) < 4.78 is 35.3. The lowest BCUT2D eigenvalue weighted by Crippen LogP contribution is -2.17. The van der Waals surface area contributed by atoms with Crippen LogP contribution < -0.4 is 14.8 Å². The van der Waals surface area contributed by atoms with Crippen molar-refractivity contribution in [1.29, 1.82) is 0 Å². The van der Waals surface area contributed by atoms with Crippen molar-refractivity contribution in [3.8, 4) is 11.5 Å². The maximum atomic E-state index is 12.5. The topological polar surface area (TPSA) is 81.7 Å². The van der Waals surface area contributed by atoms with Crippen molar-refractivity contribution in [2.24, 2.45) is 0 Å². The van der Waals surface area contributed by atoms with E-state index in [4.69, 9.17) is 9.47 Å². The highest BCUT2D eigenvalue weighted by Crippen LogP contribution is 2.30. The third-order valence-corrected chi connectivity index (χ3v) is 5.86. The van der Waals surface area contributed by atoms with Crippen LogP contribution in [-0.2, 0) is 14.6 Å². The summed E-state index contributed by atoms with van der Waals surface area (Å²) in [5.74, 6) is 0.470. The number of benzene rings is 2. The molecule has 1 amide bonds. The number of hydrogen-bond acceptors (Lipinski definition) is 5. The molecule has 0 radical (unpaired) electrons. The molecule has 2 aromatic rings. The fourth-order valence-electron chi connectivity index (χ4n) is 2.55. The molecule has 0 aromatic heterocycles. The molecule has 1 N–H and O–H groups in total. The van der Waals surface area contributed by atoms with E-state index in [0.29, 0.717) is 23.1 Å². The van der Waals surface area contributed by atoms with Crippen molar-refractivity contribution in [1.82, 2.24) is 0 Å². The standard InChI is InChI=1S/C20H25NO5S/c1-14(2)15-6-5-7-16(12-15)21-20(22)10-11-27(23,24)17-8-9-18(25-3)19(13-17)26-4/h5-9,12-14H,10-11H2,1-4H3,(H,21,22). The van der Waals surface area contributed by atoms with Crippen LogP contribution in [0.25, 0.3) is 0 Å². The zero-order valence-electron chi connectivity index (χ0n) is 16.0. The van der Waals surface area contributed by atoms with Crippen LogP contribution >= 0.6 is 0 Å². The van der Waals surface area contributed by atoms with Crippen LogP contribution in [0.15, 0.2) is 47.4 Å². The van der Waals surface area contributed by atoms with Gasteiger partial charge in [0.1, 0.15) is 0 Å². The Labute approximate surface area is 160 Å². The van der Waals surface area contributed by atoms with Crippen molar-refractivity contribution in [2.75, 3.05) is 25.3 Å². The predicted molar refractivity (Wildman–Crippen MR) is 105 cm³/mol. The number of ether oxygens (including phenoxy) is 2. The third-order valence-electron chi connectivity index (χ3n) is 4.15. The molecule has 0 aliphatic rings. The number of rotatable bonds is 8. The number of carbonyl (C=O) groups is 1. The SMILES string of the molecule is COc1ccc(S(=O)(=O)CCC(=O)Nc2cccc(C(C)C)c2)cc1OC. The van der Waals surface area contributed by atoms with E-state index < -0.39 is 9.84 Å². The average Bonchev–Trinajstić information content (AvgIpc) is 2.66. The second kappa shape index (κ2) is 8.90. The Balaban J connectivity index is 2.04. The molecule has 7 heteroatoms. The molecule has 2 rings (SSSR count). The molecule has 0 saturated carbocycles. The second-order valence-corrected chi connectivity index (χ2v) is 8.52. The number of carbonyl (C=O) groups excluding carboxylic acids is 1. The van der Waals surface area contributed by atoms with Gasteiger partial charge in [0.15, 0.2) is 21.3 Å². The summed E-state index contributed by atoms with van der Waals surface area (Å²) in [4.78, 5) is 12.3. The first-order chi connectivity index (χ1) is 12.8. The van der Waals surface area contributed by atoms with Gasteiger partial charge in [-0.2, -0.15) is 0 Å². The van der Waals surface area contributed by atoms with Crippen LogP contribution in [0, 0.1) is 0 Å². The highest BCUT2D eigenvalue weighted by Gasteiger charge is 2.19. The number of anilines is 1. The largest absolute Gasteiger partial charge is 0.493 e. The predicted octanol–water partition coefficient (Wildman–Crippen LogP) is 3.63. The van der Waals surface area contributed by atoms with Crippen molar-refractivity contribution < 1.29 is 22.7 Å². The number of sulfone groups is 1. The lowest BCUT2D eigenvalue weighted by Gasteiger charge is -2.11. The zero-order valence-corrected chi connectivity index (χ0v) is 16.8. The highest BCUT2D eigenvalue weighted by atomic mass is 32.2. The summed E-state index contributed by atoms with van der Waals surface area (Å²) in [5.41, 5.74) is 1.76. The monoisotopic (exact) mass is 391 g/mol. The summed E-state index contributed by atoms with van der Waals surface area (Å²) in [6.45, 7) is 4.13. The van der Waals surface area contributed by atoms with Crippen LogP contribution in [0.4, 0.5) is 5.69 Å². The summed E-state index contributed by atoms with van der Waals surface area (Å²) >= 11 is 0. The molecule has 0 saturated heterocycles. The van der Waals surface area contributed by atoms with Gasteiger partial charge in [-0.15, -0.1) is 0 Å². The van der Waals surface area contributed by atoms with E-state index >= 15 is 0 Å². The number of methoxy groups -OCH3 is 2. The van der Waals surface area contributed by atoms with Crippen molar-refractivity contribution in [3.05, 3.63) is 48.0 Å². The Morgan fingerprint density at radius 3 is 2.37 bits per heavy atom. The summed E-state index contributed by atoms with van der Waals surface area (Å²) in [6.07, 6.45) is -0.136. The van der Waals surface area contributed by atoms with E-state index in [9.17, 15) is 13.2 Å². The minimum Gasteiger partial charge on any atom is -0.493 e. The number of nitrogens with one attached hydrogen (secondary N) is 1. The zero-order chi connectivity index (χ0) is 20.0. The van der Waals surface area contributed by atoms with Crippen molar-refractivity contribution in [2.45, 2.75) is 31.1 Å². The van der Waals surface area contributed by atoms with Crippen LogP contribution in [0.2, 0.25) is 0 Å². The first kappa shape index (κ1) is 20.8. The van der Waals surface area contributed by atoms with Crippen LogP contribution in [0.5, 0.6) is 11.5 Å². The Hall–Kier alpha value is -2.54. The van der Waals surface area contributed by atoms with Gasteiger partial charge in [0, 0.05) is 18.2 Å². The number of amides is 1. The molecule has 27 heavy (non-hydrogen) atoms. The van der Waals surface area contributed by atoms with Crippen molar-refractivity contribution >= 4 is 21.4 Å². The first-order valence-electron chi connectivity index (χ1n) is 8.61. The van der Waals surface area contributed by atoms with E-state index in [0.717, 1.165) is 5.56 Å². The molecule has 0 atom stereocenters. The molecule has 146 valence electrons. The second-order valence-electron chi connectivity index (χ2n) is 6.41. The van der Waals surface area contributed by atoms with Crippen LogP contribution in [-0.4, -0.2) is 34.3 Å². The fraction of sp³-hybridized carbons (Fsp3) is 0.350. The first-order valence-corrected chi connectivity index (χ1v) is 10.3. The summed E-state index contributed by atoms with van der Waals surface area (Å²) in [7, 11) is -0.709. The van der Waals surface area contributed by atoms with Gasteiger partial charge in [-0.25, -0.2) is 8.42 Å². The molecular weight excluding hydrogens is 366 g/mol. The van der Waals surface area contributed by atoms with Gasteiger partial charge < -0.3 is 14.8 Å². The van der Waals surface area contributed by atoms with Gasteiger partial charge in [0.05, 0.1) is 24.9 Å². The van der Waals surface area contributed by atoms with Gasteiger partial charge in [-0.1, -0.05) is 26.0 Å². The molecule has 0 fully saturated rings. The fourth-order valence-corrected chi connectivity index (χ4v) is 3.81. The van der Waals surface area contributed by atoms with Gasteiger partial charge in [0.25, 0.3) is 0 Å². The molecule has 0 aliphatic heterocycles. The summed E-state index contributed by atoms with van der Waals surface area (Å²) in [6, 6.07) is 11.9. The molecule has 0 unspecified atom stereocenters. The maximum Gasteiger partial charge on any atom is 0.225 e. The number of hydrogen-bond donors (Lipinski definition) is 1. The van der Waals surface area contributed by atoms with Crippen LogP contribution in [0.3, 0.4) is 0 Å². The van der Waals surface area contributed by atoms with E-state index in [1.165, 1.54) is 32.4 Å². The van der Waals surface area contributed by atoms with Gasteiger partial charge in [-0.3, -0.25) is 4.79 Å². The molecule has 2 aromatic carbocycles. The molecular formula is C20H25NO5S. The third kappa shape index (κ3) is 5.47. The van der Waals surface area contributed by atoms with E-state index in [1.807, 2.05) is 18.2 Å². The maximum absolute atomic E-state index is 12.5. The van der Waals surface area contributed by atoms with E-state index in [2.05, 4.69) is 19.2 Å². The normalized spacial score (nSPS) is 11.3. The van der Waals surface area contributed by atoms with Gasteiger partial charge >= 0.3 is 0 Å². The molecule has 0 spiro atoms. The Morgan fingerprint density at radius 2 is 1.74 bits per heavy atom. The van der Waals surface area contributed by atoms with Crippen molar-refractivity contribution in [3.63, 3.8) is 0 Å². The molecule has 0 bridgehead atoms. The Bertz CT molecular complexity index is 906. The van der Waals surface area contributed by atoms with Gasteiger partial charge in [-0.05, 0) is 35.7 Å². The lowest BCUT2D eigenvalue weighted by molar-refractivity contribution is -0.115. The molecule has 0 heterocycles. The van der Waals surface area contributed by atoms with E-state index in [1.54, 1.807) is 6.07 Å². The molecule has 0 aliphatic carbocycles. The highest BCUT2D eigenvalue weighted by molar-refractivity contribution is 7.91.